The average Bonchev–Trinajstić information content (AvgIpc) is 2.70. The Morgan fingerprint density at radius 2 is 1.85 bits per heavy atom. The molecule has 2 aromatic rings. The van der Waals surface area contributed by atoms with Crippen LogP contribution in [-0.4, -0.2) is 29.4 Å². The molecular formula is C23H31N2OP. The smallest absolute Gasteiger partial charge is 0.122 e. The Morgan fingerprint density at radius 1 is 1.11 bits per heavy atom. The van der Waals surface area contributed by atoms with Crippen LogP contribution in [0.15, 0.2) is 47.6 Å². The van der Waals surface area contributed by atoms with Gasteiger partial charge in [-0.2, -0.15) is 5.10 Å². The monoisotopic (exact) mass is 382 g/mol. The van der Waals surface area contributed by atoms with E-state index in [-0.39, 0.29) is 5.16 Å². The second-order valence-corrected chi connectivity index (χ2v) is 9.52. The highest BCUT2D eigenvalue weighted by molar-refractivity contribution is 7.48. The quantitative estimate of drug-likeness (QED) is 0.554. The van der Waals surface area contributed by atoms with E-state index < -0.39 is 0 Å². The van der Waals surface area contributed by atoms with Gasteiger partial charge in [0, 0.05) is 29.4 Å². The van der Waals surface area contributed by atoms with E-state index in [4.69, 9.17) is 5.10 Å². The van der Waals surface area contributed by atoms with Gasteiger partial charge in [0.1, 0.15) is 5.75 Å². The van der Waals surface area contributed by atoms with Crippen LogP contribution < -0.4 is 5.30 Å². The van der Waals surface area contributed by atoms with Crippen molar-refractivity contribution in [3.63, 3.8) is 0 Å². The van der Waals surface area contributed by atoms with Crippen molar-refractivity contribution in [1.82, 2.24) is 5.01 Å². The Kier molecular flexibility index (Phi) is 6.55. The minimum Gasteiger partial charge on any atom is -0.507 e. The van der Waals surface area contributed by atoms with Gasteiger partial charge in [-0.1, -0.05) is 64.9 Å². The Labute approximate surface area is 165 Å². The molecule has 0 amide bonds. The van der Waals surface area contributed by atoms with Gasteiger partial charge >= 0.3 is 0 Å². The summed E-state index contributed by atoms with van der Waals surface area (Å²) in [6.45, 7) is 8.56. The zero-order valence-corrected chi connectivity index (χ0v) is 17.7. The molecule has 0 aliphatic carbocycles. The van der Waals surface area contributed by atoms with Crippen LogP contribution in [0.3, 0.4) is 0 Å². The van der Waals surface area contributed by atoms with Crippen molar-refractivity contribution in [2.75, 3.05) is 13.1 Å². The topological polar surface area (TPSA) is 35.8 Å². The maximum Gasteiger partial charge on any atom is 0.122 e. The summed E-state index contributed by atoms with van der Waals surface area (Å²) < 4.78 is 0. The number of aryl methyl sites for hydroxylation is 1. The molecule has 0 aromatic heterocycles. The first-order valence-corrected chi connectivity index (χ1v) is 11.0. The van der Waals surface area contributed by atoms with Crippen LogP contribution in [0.5, 0.6) is 5.75 Å². The first-order chi connectivity index (χ1) is 13.0. The molecule has 1 fully saturated rings. The van der Waals surface area contributed by atoms with Crippen LogP contribution in [0.1, 0.15) is 56.2 Å². The normalized spacial score (nSPS) is 17.7. The third-order valence-corrected chi connectivity index (χ3v) is 7.50. The van der Waals surface area contributed by atoms with Crippen molar-refractivity contribution < 1.29 is 5.11 Å². The molecule has 1 N–H and O–H groups in total. The highest BCUT2D eigenvalue weighted by Crippen LogP contribution is 2.47. The van der Waals surface area contributed by atoms with Crippen molar-refractivity contribution >= 4 is 20.1 Å². The lowest BCUT2D eigenvalue weighted by Crippen LogP contribution is -2.25. The lowest BCUT2D eigenvalue weighted by Gasteiger charge is -2.31. The minimum atomic E-state index is -0.0921. The number of benzene rings is 2. The Balaban J connectivity index is 1.87. The van der Waals surface area contributed by atoms with Crippen LogP contribution >= 0.6 is 8.58 Å². The van der Waals surface area contributed by atoms with Crippen LogP contribution in [0.25, 0.3) is 0 Å². The molecule has 3 rings (SSSR count). The molecule has 1 heterocycles. The highest BCUT2D eigenvalue weighted by Gasteiger charge is 2.29. The summed E-state index contributed by atoms with van der Waals surface area (Å²) in [6.07, 6.45) is 6.79. The van der Waals surface area contributed by atoms with Gasteiger partial charge in [0.05, 0.1) is 6.21 Å². The number of nitrogens with zero attached hydrogens (tertiary/aromatic N) is 2. The van der Waals surface area contributed by atoms with Gasteiger partial charge in [-0.3, -0.25) is 5.01 Å². The van der Waals surface area contributed by atoms with Gasteiger partial charge in [-0.15, -0.1) is 0 Å². The molecule has 27 heavy (non-hydrogen) atoms. The minimum absolute atomic E-state index is 0.0921. The number of rotatable bonds is 6. The number of phenolic OH excluding ortho intramolecular Hbond substituents is 1. The van der Waals surface area contributed by atoms with Gasteiger partial charge in [-0.05, 0) is 43.5 Å². The lowest BCUT2D eigenvalue weighted by atomic mass is 9.94. The summed E-state index contributed by atoms with van der Waals surface area (Å²) in [5.74, 6) is 0.439. The molecule has 0 spiro atoms. The van der Waals surface area contributed by atoms with Crippen molar-refractivity contribution in [1.29, 1.82) is 0 Å². The number of hydrogen-bond acceptors (Lipinski definition) is 3. The van der Waals surface area contributed by atoms with E-state index in [1.165, 1.54) is 30.1 Å². The maximum atomic E-state index is 10.7. The first-order valence-electron chi connectivity index (χ1n) is 9.98. The highest BCUT2D eigenvalue weighted by atomic mass is 31.1. The zero-order chi connectivity index (χ0) is 19.3. The summed E-state index contributed by atoms with van der Waals surface area (Å²) in [5.41, 5.74) is 3.18. The van der Waals surface area contributed by atoms with E-state index in [0.29, 0.717) is 14.3 Å². The Morgan fingerprint density at radius 3 is 2.59 bits per heavy atom. The summed E-state index contributed by atoms with van der Waals surface area (Å²) in [5, 5.41) is 18.8. The van der Waals surface area contributed by atoms with Crippen LogP contribution in [0.4, 0.5) is 0 Å². The molecule has 1 saturated heterocycles. The number of hydrogen-bond donors (Lipinski definition) is 1. The van der Waals surface area contributed by atoms with Crippen molar-refractivity contribution in [3.05, 3.63) is 59.2 Å². The van der Waals surface area contributed by atoms with Crippen molar-refractivity contribution in [3.8, 4) is 5.75 Å². The molecule has 2 atom stereocenters. The molecule has 1 aliphatic heterocycles. The van der Waals surface area contributed by atoms with E-state index >= 15 is 0 Å². The SMILES string of the molecule is CCC(C)(Pc1ccccc1/C=N/N1CCCCC1)c1cccc(C)c1O. The van der Waals surface area contributed by atoms with Crippen molar-refractivity contribution in [2.24, 2.45) is 5.10 Å². The summed E-state index contributed by atoms with van der Waals surface area (Å²) >= 11 is 0. The fourth-order valence-electron chi connectivity index (χ4n) is 3.61. The predicted octanol–water partition coefficient (Wildman–Crippen LogP) is 5.15. The van der Waals surface area contributed by atoms with Crippen LogP contribution in [0, 0.1) is 6.92 Å². The summed E-state index contributed by atoms with van der Waals surface area (Å²) in [6, 6.07) is 14.6. The standard InChI is InChI=1S/C23H31N2OP/c1-4-23(3,20-13-10-11-18(2)22(20)26)27-21-14-7-6-12-19(21)17-24-25-15-8-5-9-16-25/h6-7,10-14,17,26-27H,4-5,8-9,15-16H2,1-3H3/b24-17+. The van der Waals surface area contributed by atoms with E-state index in [1.54, 1.807) is 0 Å². The average molecular weight is 382 g/mol. The molecule has 0 radical (unpaired) electrons. The first kappa shape index (κ1) is 19.9. The van der Waals surface area contributed by atoms with E-state index in [0.717, 1.165) is 30.6 Å². The van der Waals surface area contributed by atoms with Gasteiger partial charge in [-0.25, -0.2) is 0 Å². The molecule has 144 valence electrons. The zero-order valence-electron chi connectivity index (χ0n) is 16.7. The Hall–Kier alpha value is -1.86. The van der Waals surface area contributed by atoms with E-state index in [1.807, 2.05) is 25.3 Å². The number of hydrazone groups is 1. The molecular weight excluding hydrogens is 351 g/mol. The lowest BCUT2D eigenvalue weighted by molar-refractivity contribution is 0.240. The van der Waals surface area contributed by atoms with Gasteiger partial charge in [0.2, 0.25) is 0 Å². The summed E-state index contributed by atoms with van der Waals surface area (Å²) in [7, 11) is 0.567. The number of aromatic hydroxyl groups is 1. The fourth-order valence-corrected chi connectivity index (χ4v) is 5.19. The molecule has 2 aromatic carbocycles. The molecule has 2 unspecified atom stereocenters. The molecule has 4 heteroatoms. The maximum absolute atomic E-state index is 10.7. The predicted molar refractivity (Wildman–Crippen MR) is 118 cm³/mol. The molecule has 3 nitrogen and oxygen atoms in total. The fraction of sp³-hybridized carbons (Fsp3) is 0.435. The molecule has 1 aliphatic rings. The largest absolute Gasteiger partial charge is 0.507 e. The summed E-state index contributed by atoms with van der Waals surface area (Å²) in [4.78, 5) is 0. The van der Waals surface area contributed by atoms with Gasteiger partial charge in [0.15, 0.2) is 0 Å². The van der Waals surface area contributed by atoms with E-state index in [2.05, 4.69) is 49.2 Å². The van der Waals surface area contributed by atoms with Crippen LogP contribution in [0.2, 0.25) is 0 Å². The van der Waals surface area contributed by atoms with Crippen molar-refractivity contribution in [2.45, 2.75) is 51.6 Å². The molecule has 0 bridgehead atoms. The second kappa shape index (κ2) is 8.89. The third kappa shape index (κ3) is 4.71. The third-order valence-electron chi connectivity index (χ3n) is 5.60. The van der Waals surface area contributed by atoms with Gasteiger partial charge < -0.3 is 5.11 Å². The molecule has 0 saturated carbocycles. The van der Waals surface area contributed by atoms with Gasteiger partial charge in [0.25, 0.3) is 0 Å². The second-order valence-electron chi connectivity index (χ2n) is 7.63. The number of piperidine rings is 1. The van der Waals surface area contributed by atoms with Crippen LogP contribution in [-0.2, 0) is 5.16 Å². The number of phenols is 1. The Bertz CT molecular complexity index is 799. The van der Waals surface area contributed by atoms with E-state index in [9.17, 15) is 5.11 Å². The number of para-hydroxylation sites is 1.